The van der Waals surface area contributed by atoms with Crippen LogP contribution in [-0.2, 0) is 4.79 Å². The third-order valence-electron chi connectivity index (χ3n) is 4.31. The fourth-order valence-corrected chi connectivity index (χ4v) is 2.86. The van der Waals surface area contributed by atoms with Crippen molar-refractivity contribution in [1.82, 2.24) is 9.88 Å². The SMILES string of the molecule is C[C@H](C(=O)Nc1cccc(F)c1)N1CCN(c2ccccn2)CC1. The fourth-order valence-electron chi connectivity index (χ4n) is 2.86. The largest absolute Gasteiger partial charge is 0.354 e. The van der Waals surface area contributed by atoms with Gasteiger partial charge in [-0.2, -0.15) is 0 Å². The van der Waals surface area contributed by atoms with E-state index in [4.69, 9.17) is 0 Å². The van der Waals surface area contributed by atoms with Gasteiger partial charge in [0.25, 0.3) is 0 Å². The summed E-state index contributed by atoms with van der Waals surface area (Å²) in [6.07, 6.45) is 1.79. The summed E-state index contributed by atoms with van der Waals surface area (Å²) >= 11 is 0. The molecule has 2 aromatic rings. The summed E-state index contributed by atoms with van der Waals surface area (Å²) in [5.74, 6) is 0.491. The number of aromatic nitrogens is 1. The number of rotatable bonds is 4. The number of nitrogens with one attached hydrogen (secondary N) is 1. The predicted molar refractivity (Wildman–Crippen MR) is 92.5 cm³/mol. The molecular weight excluding hydrogens is 307 g/mol. The van der Waals surface area contributed by atoms with E-state index in [-0.39, 0.29) is 17.8 Å². The summed E-state index contributed by atoms with van der Waals surface area (Å²) in [4.78, 5) is 21.1. The lowest BCUT2D eigenvalue weighted by Crippen LogP contribution is -2.53. The van der Waals surface area contributed by atoms with Crippen LogP contribution in [0.4, 0.5) is 15.9 Å². The number of halogens is 1. The normalized spacial score (nSPS) is 16.7. The van der Waals surface area contributed by atoms with Gasteiger partial charge in [0.2, 0.25) is 5.91 Å². The Hall–Kier alpha value is -2.47. The number of hydrogen-bond acceptors (Lipinski definition) is 4. The number of pyridine rings is 1. The zero-order valence-electron chi connectivity index (χ0n) is 13.7. The lowest BCUT2D eigenvalue weighted by atomic mass is 10.2. The molecule has 3 rings (SSSR count). The van der Waals surface area contributed by atoms with Gasteiger partial charge in [-0.15, -0.1) is 0 Å². The molecule has 1 aliphatic rings. The number of nitrogens with zero attached hydrogens (tertiary/aromatic N) is 3. The third kappa shape index (κ3) is 3.89. The van der Waals surface area contributed by atoms with Gasteiger partial charge in [-0.1, -0.05) is 12.1 Å². The van der Waals surface area contributed by atoms with Crippen LogP contribution in [0.1, 0.15) is 6.92 Å². The van der Waals surface area contributed by atoms with E-state index >= 15 is 0 Å². The fraction of sp³-hybridized carbons (Fsp3) is 0.333. The maximum Gasteiger partial charge on any atom is 0.241 e. The van der Waals surface area contributed by atoms with Crippen LogP contribution in [0.25, 0.3) is 0 Å². The zero-order valence-corrected chi connectivity index (χ0v) is 13.7. The molecule has 1 aliphatic heterocycles. The van der Waals surface area contributed by atoms with Crippen molar-refractivity contribution in [1.29, 1.82) is 0 Å². The molecule has 0 spiro atoms. The molecule has 126 valence electrons. The van der Waals surface area contributed by atoms with E-state index in [0.29, 0.717) is 5.69 Å². The van der Waals surface area contributed by atoms with Crippen LogP contribution >= 0.6 is 0 Å². The van der Waals surface area contributed by atoms with Crippen molar-refractivity contribution < 1.29 is 9.18 Å². The molecule has 0 saturated carbocycles. The van der Waals surface area contributed by atoms with Crippen molar-refractivity contribution >= 4 is 17.4 Å². The van der Waals surface area contributed by atoms with Gasteiger partial charge in [-0.25, -0.2) is 9.37 Å². The Morgan fingerprint density at radius 3 is 2.62 bits per heavy atom. The molecule has 1 aromatic heterocycles. The van der Waals surface area contributed by atoms with Crippen LogP contribution in [0.15, 0.2) is 48.7 Å². The number of carbonyl (C=O) groups is 1. The summed E-state index contributed by atoms with van der Waals surface area (Å²) in [5, 5.41) is 2.78. The molecule has 24 heavy (non-hydrogen) atoms. The Morgan fingerprint density at radius 1 is 1.17 bits per heavy atom. The molecule has 1 saturated heterocycles. The number of amides is 1. The molecule has 1 amide bonds. The summed E-state index contributed by atoms with van der Waals surface area (Å²) in [5.41, 5.74) is 0.485. The van der Waals surface area contributed by atoms with Gasteiger partial charge in [0.05, 0.1) is 6.04 Å². The van der Waals surface area contributed by atoms with E-state index in [1.165, 1.54) is 12.1 Å². The second-order valence-corrected chi connectivity index (χ2v) is 5.89. The summed E-state index contributed by atoms with van der Waals surface area (Å²) < 4.78 is 13.2. The van der Waals surface area contributed by atoms with Gasteiger partial charge in [0.15, 0.2) is 0 Å². The lowest BCUT2D eigenvalue weighted by molar-refractivity contribution is -0.120. The molecule has 1 fully saturated rings. The highest BCUT2D eigenvalue weighted by Crippen LogP contribution is 2.15. The molecule has 1 N–H and O–H groups in total. The molecule has 5 nitrogen and oxygen atoms in total. The van der Waals surface area contributed by atoms with E-state index in [1.807, 2.05) is 25.1 Å². The number of hydrogen-bond donors (Lipinski definition) is 1. The Kier molecular flexibility index (Phi) is 5.05. The first-order chi connectivity index (χ1) is 11.6. The minimum absolute atomic E-state index is 0.119. The first kappa shape index (κ1) is 16.4. The van der Waals surface area contributed by atoms with Crippen LogP contribution < -0.4 is 10.2 Å². The monoisotopic (exact) mass is 328 g/mol. The van der Waals surface area contributed by atoms with E-state index in [2.05, 4.69) is 20.1 Å². The zero-order chi connectivity index (χ0) is 16.9. The quantitative estimate of drug-likeness (QED) is 0.936. The van der Waals surface area contributed by atoms with Gasteiger partial charge >= 0.3 is 0 Å². The van der Waals surface area contributed by atoms with Gasteiger partial charge < -0.3 is 10.2 Å². The number of anilines is 2. The van der Waals surface area contributed by atoms with Crippen molar-refractivity contribution in [2.24, 2.45) is 0 Å². The predicted octanol–water partition coefficient (Wildman–Crippen LogP) is 2.37. The van der Waals surface area contributed by atoms with Crippen molar-refractivity contribution in [3.63, 3.8) is 0 Å². The van der Waals surface area contributed by atoms with Crippen LogP contribution in [-0.4, -0.2) is 48.0 Å². The van der Waals surface area contributed by atoms with Crippen LogP contribution in [0.5, 0.6) is 0 Å². The summed E-state index contributed by atoms with van der Waals surface area (Å²) in [6.45, 7) is 5.11. The van der Waals surface area contributed by atoms with Crippen LogP contribution in [0, 0.1) is 5.82 Å². The van der Waals surface area contributed by atoms with Gasteiger partial charge in [0.1, 0.15) is 11.6 Å². The molecule has 0 aliphatic carbocycles. The van der Waals surface area contributed by atoms with E-state index in [0.717, 1.165) is 32.0 Å². The second kappa shape index (κ2) is 7.40. The standard InChI is InChI=1S/C18H21FN4O/c1-14(18(24)21-16-6-4-5-15(19)13-16)22-9-11-23(12-10-22)17-7-2-3-8-20-17/h2-8,13-14H,9-12H2,1H3,(H,21,24)/t14-/m1/s1. The summed E-state index contributed by atoms with van der Waals surface area (Å²) in [7, 11) is 0. The average molecular weight is 328 g/mol. The molecule has 2 heterocycles. The molecule has 0 unspecified atom stereocenters. The summed E-state index contributed by atoms with van der Waals surface area (Å²) in [6, 6.07) is 11.6. The number of carbonyl (C=O) groups excluding carboxylic acids is 1. The molecular formula is C18H21FN4O. The molecule has 6 heteroatoms. The first-order valence-corrected chi connectivity index (χ1v) is 8.10. The van der Waals surface area contributed by atoms with Crippen molar-refractivity contribution in [2.45, 2.75) is 13.0 Å². The number of piperazine rings is 1. The molecule has 1 atom stereocenters. The minimum Gasteiger partial charge on any atom is -0.354 e. The third-order valence-corrected chi connectivity index (χ3v) is 4.31. The highest BCUT2D eigenvalue weighted by Gasteiger charge is 2.26. The van der Waals surface area contributed by atoms with E-state index in [9.17, 15) is 9.18 Å². The Balaban J connectivity index is 1.55. The van der Waals surface area contributed by atoms with Gasteiger partial charge in [-0.3, -0.25) is 9.69 Å². The highest BCUT2D eigenvalue weighted by atomic mass is 19.1. The van der Waals surface area contributed by atoms with Gasteiger partial charge in [-0.05, 0) is 37.3 Å². The van der Waals surface area contributed by atoms with Crippen molar-refractivity contribution in [2.75, 3.05) is 36.4 Å². The maximum atomic E-state index is 13.2. The Morgan fingerprint density at radius 2 is 1.96 bits per heavy atom. The maximum absolute atomic E-state index is 13.2. The minimum atomic E-state index is -0.357. The van der Waals surface area contributed by atoms with Crippen molar-refractivity contribution in [3.05, 3.63) is 54.5 Å². The molecule has 1 aromatic carbocycles. The molecule has 0 radical (unpaired) electrons. The lowest BCUT2D eigenvalue weighted by Gasteiger charge is -2.37. The molecule has 0 bridgehead atoms. The average Bonchev–Trinajstić information content (AvgIpc) is 2.62. The van der Waals surface area contributed by atoms with Gasteiger partial charge in [0, 0.05) is 38.1 Å². The van der Waals surface area contributed by atoms with E-state index in [1.54, 1.807) is 18.3 Å². The highest BCUT2D eigenvalue weighted by molar-refractivity contribution is 5.94. The number of benzene rings is 1. The Bertz CT molecular complexity index is 686. The van der Waals surface area contributed by atoms with E-state index < -0.39 is 0 Å². The van der Waals surface area contributed by atoms with Crippen LogP contribution in [0.3, 0.4) is 0 Å². The van der Waals surface area contributed by atoms with Crippen LogP contribution in [0.2, 0.25) is 0 Å². The second-order valence-electron chi connectivity index (χ2n) is 5.89. The topological polar surface area (TPSA) is 48.5 Å². The Labute approximate surface area is 141 Å². The smallest absolute Gasteiger partial charge is 0.241 e. The first-order valence-electron chi connectivity index (χ1n) is 8.10. The van der Waals surface area contributed by atoms with Crippen molar-refractivity contribution in [3.8, 4) is 0 Å².